The van der Waals surface area contributed by atoms with Gasteiger partial charge >= 0.3 is 11.9 Å². The number of Topliss-reactive ketones (excluding diaryl/α,β-unsaturated/α-hetero) is 1. The third kappa shape index (κ3) is 14.5. The molecule has 0 spiro atoms. The number of carboxylic acid groups (broad SMARTS) is 1. The van der Waals surface area contributed by atoms with Gasteiger partial charge in [0.15, 0.2) is 11.9 Å². The van der Waals surface area contributed by atoms with Crippen LogP contribution >= 0.6 is 0 Å². The molecule has 0 bridgehead atoms. The summed E-state index contributed by atoms with van der Waals surface area (Å²) in [7, 11) is 3.14. The summed E-state index contributed by atoms with van der Waals surface area (Å²) in [6.07, 6.45) is 0. The largest absolute Gasteiger partial charge is 0.480 e. The van der Waals surface area contributed by atoms with Gasteiger partial charge in [0, 0.05) is 14.1 Å². The van der Waals surface area contributed by atoms with Gasteiger partial charge in [-0.1, -0.05) is 0 Å². The van der Waals surface area contributed by atoms with E-state index >= 15 is 0 Å². The Morgan fingerprint density at radius 3 is 2.20 bits per heavy atom. The summed E-state index contributed by atoms with van der Waals surface area (Å²) >= 11 is 0. The van der Waals surface area contributed by atoms with Crippen LogP contribution in [-0.2, 0) is 19.1 Å². The van der Waals surface area contributed by atoms with Crippen LogP contribution in [0.15, 0.2) is 4.99 Å². The topological polar surface area (TPSA) is 175 Å². The highest BCUT2D eigenvalue weighted by Gasteiger charge is 2.27. The van der Waals surface area contributed by atoms with Gasteiger partial charge < -0.3 is 35.9 Å². The summed E-state index contributed by atoms with van der Waals surface area (Å²) < 4.78 is 4.99. The van der Waals surface area contributed by atoms with Gasteiger partial charge in [-0.2, -0.15) is 0 Å². The number of ketones is 1. The molecule has 6 N–H and O–H groups in total. The molecule has 1 heterocycles. The average molecular weight is 360 g/mol. The molecule has 0 atom stereocenters. The Bertz CT molecular complexity index is 528. The molecular weight excluding hydrogens is 332 g/mol. The van der Waals surface area contributed by atoms with E-state index in [1.54, 1.807) is 25.8 Å². The fraction of sp³-hybridized carbons (Fsp3) is 0.643. The third-order valence-corrected chi connectivity index (χ3v) is 2.29. The zero-order valence-corrected chi connectivity index (χ0v) is 15.5. The number of hydrogen-bond donors (Lipinski definition) is 4. The summed E-state index contributed by atoms with van der Waals surface area (Å²) in [5, 5.41) is 14.9. The molecule has 0 aliphatic carbocycles. The van der Waals surface area contributed by atoms with Crippen LogP contribution in [0.2, 0.25) is 0 Å². The second-order valence-electron chi connectivity index (χ2n) is 5.79. The number of nitrogens with zero attached hydrogens (tertiary/aromatic N) is 3. The van der Waals surface area contributed by atoms with Crippen molar-refractivity contribution < 1.29 is 24.2 Å². The Hall–Kier alpha value is -2.85. The molecular formula is C14H28N6O5. The maximum Gasteiger partial charge on any atom is 0.327 e. The first-order chi connectivity index (χ1) is 11.2. The number of rotatable bonds is 2. The first kappa shape index (κ1) is 24.4. The van der Waals surface area contributed by atoms with Gasteiger partial charge in [0.2, 0.25) is 5.72 Å². The molecule has 0 aromatic carbocycles. The summed E-state index contributed by atoms with van der Waals surface area (Å²) in [5.41, 5.74) is 9.65. The van der Waals surface area contributed by atoms with Gasteiger partial charge in [-0.25, -0.2) is 4.99 Å². The van der Waals surface area contributed by atoms with Crippen molar-refractivity contribution in [3.63, 3.8) is 0 Å². The van der Waals surface area contributed by atoms with Crippen molar-refractivity contribution in [2.75, 3.05) is 27.2 Å². The van der Waals surface area contributed by atoms with Crippen molar-refractivity contribution in [3.05, 3.63) is 0 Å². The molecule has 144 valence electrons. The highest BCUT2D eigenvalue weighted by Crippen LogP contribution is 2.14. The van der Waals surface area contributed by atoms with Gasteiger partial charge in [0.25, 0.3) is 0 Å². The van der Waals surface area contributed by atoms with Gasteiger partial charge in [0.05, 0.1) is 0 Å². The number of ether oxygens (including phenoxy) is 1. The summed E-state index contributed by atoms with van der Waals surface area (Å²) in [6.45, 7) is 6.36. The molecule has 1 aliphatic rings. The number of carbonyl (C=O) groups excluding carboxylic acids is 2. The number of carboxylic acids is 1. The lowest BCUT2D eigenvalue weighted by molar-refractivity contribution is -0.154. The predicted octanol–water partition coefficient (Wildman–Crippen LogP) is -0.983. The Balaban J connectivity index is 0. The van der Waals surface area contributed by atoms with Crippen molar-refractivity contribution in [1.82, 2.24) is 9.80 Å². The Morgan fingerprint density at radius 1 is 1.44 bits per heavy atom. The smallest absolute Gasteiger partial charge is 0.327 e. The average Bonchev–Trinajstić information content (AvgIpc) is 2.43. The number of carbonyl (C=O) groups is 3. The fourth-order valence-corrected chi connectivity index (χ4v) is 1.26. The summed E-state index contributed by atoms with van der Waals surface area (Å²) in [4.78, 5) is 37.1. The lowest BCUT2D eigenvalue weighted by Crippen LogP contribution is -2.36. The standard InChI is InChI=1S/C7H13N3O2.C4H9N3O2.C3H6O/c1-7(2)9-6(8)10(3)4-5(11)12-7;1-7(4(5)6)2-3(8)9;1-3(2)4/h4H2,1-3H3,(H2,8,9);2H2,1H3,(H3,5,6)(H,8,9);1-2H3. The third-order valence-electron chi connectivity index (χ3n) is 2.29. The number of esters is 1. The SMILES string of the molecule is CC(C)=O.CN(CC(=O)O)C(=N)N.CN1CC(=O)OC(C)(C)N=C1N. The van der Waals surface area contributed by atoms with Gasteiger partial charge in [-0.15, -0.1) is 0 Å². The van der Waals surface area contributed by atoms with Crippen LogP contribution in [0.4, 0.5) is 0 Å². The van der Waals surface area contributed by atoms with E-state index < -0.39 is 11.7 Å². The number of likely N-dealkylation sites (N-methyl/N-ethyl adjacent to an activating group) is 2. The highest BCUT2D eigenvalue weighted by molar-refractivity contribution is 5.85. The van der Waals surface area contributed by atoms with E-state index in [1.807, 2.05) is 0 Å². The first-order valence-corrected chi connectivity index (χ1v) is 7.20. The Morgan fingerprint density at radius 2 is 1.88 bits per heavy atom. The molecule has 25 heavy (non-hydrogen) atoms. The molecule has 11 heteroatoms. The van der Waals surface area contributed by atoms with Gasteiger partial charge in [-0.05, 0) is 27.7 Å². The minimum Gasteiger partial charge on any atom is -0.480 e. The first-order valence-electron chi connectivity index (χ1n) is 7.20. The molecule has 0 fully saturated rings. The molecule has 11 nitrogen and oxygen atoms in total. The maximum absolute atomic E-state index is 11.1. The van der Waals surface area contributed by atoms with Crippen LogP contribution in [0.5, 0.6) is 0 Å². The Kier molecular flexibility index (Phi) is 10.6. The molecule has 0 unspecified atom stereocenters. The van der Waals surface area contributed by atoms with Crippen LogP contribution in [0.3, 0.4) is 0 Å². The molecule has 0 aromatic heterocycles. The van der Waals surface area contributed by atoms with E-state index in [4.69, 9.17) is 26.7 Å². The zero-order chi connectivity index (χ0) is 20.4. The molecule has 0 aromatic rings. The lowest BCUT2D eigenvalue weighted by Gasteiger charge is -2.17. The lowest BCUT2D eigenvalue weighted by atomic mass is 10.3. The van der Waals surface area contributed by atoms with Crippen LogP contribution in [0, 0.1) is 5.41 Å². The van der Waals surface area contributed by atoms with Gasteiger partial charge in [-0.3, -0.25) is 15.0 Å². The minimum atomic E-state index is -0.993. The molecule has 0 amide bonds. The normalized spacial score (nSPS) is 15.0. The number of guanidine groups is 2. The number of aliphatic imine (C=N–C) groups is 1. The van der Waals surface area contributed by atoms with Crippen molar-refractivity contribution in [2.45, 2.75) is 33.4 Å². The number of nitrogens with one attached hydrogen (secondary N) is 1. The Labute approximate surface area is 147 Å². The second-order valence-corrected chi connectivity index (χ2v) is 5.79. The van der Waals surface area contributed by atoms with Crippen molar-refractivity contribution >= 4 is 29.6 Å². The molecule has 1 aliphatic heterocycles. The molecule has 0 radical (unpaired) electrons. The number of cyclic esters (lactones) is 1. The van der Waals surface area contributed by atoms with E-state index in [2.05, 4.69) is 4.99 Å². The predicted molar refractivity (Wildman–Crippen MR) is 93.0 cm³/mol. The number of hydrogen-bond acceptors (Lipinski definition) is 8. The minimum absolute atomic E-state index is 0.152. The highest BCUT2D eigenvalue weighted by atomic mass is 16.6. The van der Waals surface area contributed by atoms with Crippen molar-refractivity contribution in [2.24, 2.45) is 16.5 Å². The van der Waals surface area contributed by atoms with Crippen LogP contribution in [0.25, 0.3) is 0 Å². The van der Waals surface area contributed by atoms with Crippen molar-refractivity contribution in [1.29, 1.82) is 5.41 Å². The monoisotopic (exact) mass is 360 g/mol. The maximum atomic E-state index is 11.1. The summed E-state index contributed by atoms with van der Waals surface area (Å²) in [5.74, 6) is -1.05. The van der Waals surface area contributed by atoms with E-state index in [-0.39, 0.29) is 30.8 Å². The number of aliphatic carboxylic acids is 1. The van der Waals surface area contributed by atoms with Gasteiger partial charge in [0.1, 0.15) is 18.9 Å². The zero-order valence-electron chi connectivity index (χ0n) is 15.5. The molecule has 1 rings (SSSR count). The molecule has 0 saturated heterocycles. The van der Waals surface area contributed by atoms with E-state index in [1.165, 1.54) is 20.9 Å². The van der Waals surface area contributed by atoms with Crippen molar-refractivity contribution in [3.8, 4) is 0 Å². The molecule has 0 saturated carbocycles. The second kappa shape index (κ2) is 10.8. The van der Waals surface area contributed by atoms with E-state index in [0.717, 1.165) is 4.90 Å². The van der Waals surface area contributed by atoms with Crippen LogP contribution < -0.4 is 11.5 Å². The fourth-order valence-electron chi connectivity index (χ4n) is 1.26. The summed E-state index contributed by atoms with van der Waals surface area (Å²) in [6, 6.07) is 0. The van der Waals surface area contributed by atoms with Crippen LogP contribution in [-0.4, -0.2) is 77.5 Å². The number of nitrogens with two attached hydrogens (primary N) is 2. The van der Waals surface area contributed by atoms with Crippen LogP contribution in [0.1, 0.15) is 27.7 Å². The van der Waals surface area contributed by atoms with E-state index in [9.17, 15) is 14.4 Å². The van der Waals surface area contributed by atoms with E-state index in [0.29, 0.717) is 5.96 Å². The quantitative estimate of drug-likeness (QED) is 0.274.